The molecule has 2 rings (SSSR count). The molecule has 2 aromatic rings. The highest BCUT2D eigenvalue weighted by atomic mass is 16.1. The zero-order valence-electron chi connectivity index (χ0n) is 15.6. The molecule has 0 aliphatic heterocycles. The number of hydrogen-bond donors (Lipinski definition) is 1. The minimum atomic E-state index is -0.0305. The summed E-state index contributed by atoms with van der Waals surface area (Å²) >= 11 is 0. The van der Waals surface area contributed by atoms with E-state index in [1.807, 2.05) is 45.9 Å². The average molecular weight is 342 g/mol. The standard InChI is InChI=1S/C19H26N4O2/c1-12-7-6-8-17(20-12)11-13(2)21-18(25)9-10-23-15(4)19(16(5)24)14(3)22-23/h6-8,13H,9-11H2,1-5H3,(H,21,25)/t13-/m0/s1. The molecule has 0 fully saturated rings. The van der Waals surface area contributed by atoms with Crippen molar-refractivity contribution >= 4 is 11.7 Å². The van der Waals surface area contributed by atoms with Crippen LogP contribution < -0.4 is 5.32 Å². The quantitative estimate of drug-likeness (QED) is 0.785. The number of pyridine rings is 1. The van der Waals surface area contributed by atoms with Gasteiger partial charge in [0.25, 0.3) is 0 Å². The van der Waals surface area contributed by atoms with Gasteiger partial charge in [0.1, 0.15) is 0 Å². The first-order valence-electron chi connectivity index (χ1n) is 8.54. The number of Topliss-reactive ketones (excluding diaryl/α,β-unsaturated/α-hetero) is 1. The Balaban J connectivity index is 1.88. The van der Waals surface area contributed by atoms with E-state index in [0.29, 0.717) is 30.6 Å². The van der Waals surface area contributed by atoms with Gasteiger partial charge < -0.3 is 5.32 Å². The summed E-state index contributed by atoms with van der Waals surface area (Å²) in [5, 5.41) is 7.36. The number of aromatic nitrogens is 3. The van der Waals surface area contributed by atoms with Crippen molar-refractivity contribution in [2.75, 3.05) is 0 Å². The number of hydrogen-bond acceptors (Lipinski definition) is 4. The van der Waals surface area contributed by atoms with Gasteiger partial charge in [-0.1, -0.05) is 6.07 Å². The summed E-state index contributed by atoms with van der Waals surface area (Å²) in [4.78, 5) is 28.3. The molecule has 0 bridgehead atoms. The zero-order valence-corrected chi connectivity index (χ0v) is 15.6. The van der Waals surface area contributed by atoms with E-state index in [1.54, 1.807) is 4.68 Å². The molecular formula is C19H26N4O2. The van der Waals surface area contributed by atoms with E-state index in [0.717, 1.165) is 17.1 Å². The maximum Gasteiger partial charge on any atom is 0.222 e. The van der Waals surface area contributed by atoms with Gasteiger partial charge >= 0.3 is 0 Å². The van der Waals surface area contributed by atoms with Crippen molar-refractivity contribution in [2.24, 2.45) is 0 Å². The fraction of sp³-hybridized carbons (Fsp3) is 0.474. The van der Waals surface area contributed by atoms with E-state index in [2.05, 4.69) is 15.4 Å². The first-order chi connectivity index (χ1) is 11.8. The number of ketones is 1. The second-order valence-electron chi connectivity index (χ2n) is 6.52. The predicted molar refractivity (Wildman–Crippen MR) is 96.6 cm³/mol. The van der Waals surface area contributed by atoms with Crippen molar-refractivity contribution in [3.63, 3.8) is 0 Å². The van der Waals surface area contributed by atoms with Gasteiger partial charge in [0.15, 0.2) is 5.78 Å². The average Bonchev–Trinajstić information content (AvgIpc) is 2.79. The Bertz CT molecular complexity index is 780. The summed E-state index contributed by atoms with van der Waals surface area (Å²) in [7, 11) is 0. The highest BCUT2D eigenvalue weighted by Crippen LogP contribution is 2.14. The largest absolute Gasteiger partial charge is 0.353 e. The molecule has 0 spiro atoms. The van der Waals surface area contributed by atoms with E-state index in [1.165, 1.54) is 6.92 Å². The molecule has 2 heterocycles. The minimum Gasteiger partial charge on any atom is -0.353 e. The summed E-state index contributed by atoms with van der Waals surface area (Å²) in [6, 6.07) is 5.91. The van der Waals surface area contributed by atoms with Crippen molar-refractivity contribution in [1.29, 1.82) is 0 Å². The zero-order chi connectivity index (χ0) is 18.6. The molecule has 6 heteroatoms. The van der Waals surface area contributed by atoms with E-state index in [9.17, 15) is 9.59 Å². The summed E-state index contributed by atoms with van der Waals surface area (Å²) in [5.74, 6) is -0.0259. The highest BCUT2D eigenvalue weighted by Gasteiger charge is 2.16. The van der Waals surface area contributed by atoms with Gasteiger partial charge in [0, 0.05) is 42.5 Å². The fourth-order valence-corrected chi connectivity index (χ4v) is 3.06. The minimum absolute atomic E-state index is 0.00461. The van der Waals surface area contributed by atoms with Crippen LogP contribution in [0.4, 0.5) is 0 Å². The molecule has 0 saturated carbocycles. The van der Waals surface area contributed by atoms with Gasteiger partial charge in [-0.3, -0.25) is 19.3 Å². The van der Waals surface area contributed by atoms with Crippen LogP contribution in [0.5, 0.6) is 0 Å². The van der Waals surface area contributed by atoms with Gasteiger partial charge in [-0.05, 0) is 46.8 Å². The Morgan fingerprint density at radius 2 is 1.96 bits per heavy atom. The number of carbonyl (C=O) groups is 2. The monoisotopic (exact) mass is 342 g/mol. The van der Waals surface area contributed by atoms with E-state index >= 15 is 0 Å². The SMILES string of the molecule is CC(=O)c1c(C)nn(CCC(=O)N[C@@H](C)Cc2cccc(C)n2)c1C. The molecule has 0 aromatic carbocycles. The maximum absolute atomic E-state index is 12.2. The lowest BCUT2D eigenvalue weighted by Gasteiger charge is -2.14. The first-order valence-corrected chi connectivity index (χ1v) is 8.54. The summed E-state index contributed by atoms with van der Waals surface area (Å²) in [6.45, 7) is 9.60. The predicted octanol–water partition coefficient (Wildman–Crippen LogP) is 2.54. The first kappa shape index (κ1) is 18.8. The molecule has 25 heavy (non-hydrogen) atoms. The van der Waals surface area contributed by atoms with Crippen LogP contribution in [0.3, 0.4) is 0 Å². The summed E-state index contributed by atoms with van der Waals surface area (Å²) in [6.07, 6.45) is 1.02. The second-order valence-corrected chi connectivity index (χ2v) is 6.52. The molecule has 0 unspecified atom stereocenters. The maximum atomic E-state index is 12.2. The van der Waals surface area contributed by atoms with Crippen LogP contribution in [-0.4, -0.2) is 32.5 Å². The Morgan fingerprint density at radius 1 is 1.24 bits per heavy atom. The molecule has 6 nitrogen and oxygen atoms in total. The number of rotatable bonds is 7. The molecule has 1 atom stereocenters. The van der Waals surface area contributed by atoms with Crippen LogP contribution in [0.25, 0.3) is 0 Å². The van der Waals surface area contributed by atoms with Gasteiger partial charge in [-0.25, -0.2) is 0 Å². The van der Waals surface area contributed by atoms with Gasteiger partial charge in [-0.15, -0.1) is 0 Å². The molecule has 0 aliphatic rings. The molecule has 134 valence electrons. The third-order valence-electron chi connectivity index (χ3n) is 4.15. The van der Waals surface area contributed by atoms with Crippen molar-refractivity contribution < 1.29 is 9.59 Å². The number of nitrogens with one attached hydrogen (secondary N) is 1. The Kier molecular flexibility index (Phi) is 6.07. The molecule has 2 aromatic heterocycles. The van der Waals surface area contributed by atoms with Crippen molar-refractivity contribution in [3.05, 3.63) is 46.5 Å². The van der Waals surface area contributed by atoms with Crippen molar-refractivity contribution in [2.45, 2.75) is 60.0 Å². The van der Waals surface area contributed by atoms with Crippen LogP contribution in [-0.2, 0) is 17.8 Å². The number of nitrogens with zero attached hydrogens (tertiary/aromatic N) is 3. The molecule has 0 saturated heterocycles. The van der Waals surface area contributed by atoms with E-state index in [4.69, 9.17) is 0 Å². The van der Waals surface area contributed by atoms with E-state index in [-0.39, 0.29) is 17.7 Å². The lowest BCUT2D eigenvalue weighted by atomic mass is 10.1. The molecular weight excluding hydrogens is 316 g/mol. The van der Waals surface area contributed by atoms with Crippen molar-refractivity contribution in [1.82, 2.24) is 20.1 Å². The lowest BCUT2D eigenvalue weighted by molar-refractivity contribution is -0.121. The van der Waals surface area contributed by atoms with Gasteiger partial charge in [0.05, 0.1) is 11.3 Å². The van der Waals surface area contributed by atoms with Crippen molar-refractivity contribution in [3.8, 4) is 0 Å². The molecule has 1 N–H and O–H groups in total. The third kappa shape index (κ3) is 4.98. The highest BCUT2D eigenvalue weighted by molar-refractivity contribution is 5.96. The van der Waals surface area contributed by atoms with E-state index < -0.39 is 0 Å². The molecule has 1 amide bonds. The summed E-state index contributed by atoms with van der Waals surface area (Å²) in [5.41, 5.74) is 4.12. The number of aryl methyl sites for hydroxylation is 3. The smallest absolute Gasteiger partial charge is 0.222 e. The Hall–Kier alpha value is -2.50. The molecule has 0 aliphatic carbocycles. The fourth-order valence-electron chi connectivity index (χ4n) is 3.06. The van der Waals surface area contributed by atoms with Gasteiger partial charge in [0.2, 0.25) is 5.91 Å². The number of amides is 1. The second kappa shape index (κ2) is 8.05. The lowest BCUT2D eigenvalue weighted by Crippen LogP contribution is -2.34. The normalized spacial score (nSPS) is 12.0. The Morgan fingerprint density at radius 3 is 2.56 bits per heavy atom. The third-order valence-corrected chi connectivity index (χ3v) is 4.15. The topological polar surface area (TPSA) is 76.9 Å². The summed E-state index contributed by atoms with van der Waals surface area (Å²) < 4.78 is 1.73. The van der Waals surface area contributed by atoms with Crippen LogP contribution >= 0.6 is 0 Å². The Labute approximate surface area is 148 Å². The van der Waals surface area contributed by atoms with Crippen LogP contribution in [0, 0.1) is 20.8 Å². The van der Waals surface area contributed by atoms with Gasteiger partial charge in [-0.2, -0.15) is 5.10 Å². The molecule has 0 radical (unpaired) electrons. The van der Waals surface area contributed by atoms with Crippen LogP contribution in [0.15, 0.2) is 18.2 Å². The number of carbonyl (C=O) groups excluding carboxylic acids is 2. The van der Waals surface area contributed by atoms with Crippen LogP contribution in [0.2, 0.25) is 0 Å². The van der Waals surface area contributed by atoms with Crippen LogP contribution in [0.1, 0.15) is 53.4 Å².